The summed E-state index contributed by atoms with van der Waals surface area (Å²) in [7, 11) is 0. The first-order valence-electron chi connectivity index (χ1n) is 7.16. The summed E-state index contributed by atoms with van der Waals surface area (Å²) >= 11 is 0. The molecule has 0 unspecified atom stereocenters. The highest BCUT2D eigenvalue weighted by molar-refractivity contribution is 5.70. The van der Waals surface area contributed by atoms with Gasteiger partial charge in [-0.3, -0.25) is 4.79 Å². The van der Waals surface area contributed by atoms with E-state index in [0.717, 1.165) is 17.2 Å². The van der Waals surface area contributed by atoms with Crippen molar-refractivity contribution in [2.45, 2.75) is 52.4 Å². The lowest BCUT2D eigenvalue weighted by molar-refractivity contribution is -0.132. The van der Waals surface area contributed by atoms with Crippen LogP contribution in [-0.2, 0) is 10.2 Å². The molecule has 0 N–H and O–H groups in total. The summed E-state index contributed by atoms with van der Waals surface area (Å²) in [6.45, 7) is 8.25. The van der Waals surface area contributed by atoms with E-state index in [2.05, 4.69) is 26.0 Å². The van der Waals surface area contributed by atoms with Gasteiger partial charge in [0.1, 0.15) is 5.75 Å². The summed E-state index contributed by atoms with van der Waals surface area (Å²) in [6, 6.07) is 6.30. The minimum Gasteiger partial charge on any atom is -0.426 e. The van der Waals surface area contributed by atoms with E-state index >= 15 is 0 Å². The van der Waals surface area contributed by atoms with Crippen LogP contribution < -0.4 is 4.74 Å². The van der Waals surface area contributed by atoms with Crippen LogP contribution in [-0.4, -0.2) is 5.97 Å². The molecule has 1 aromatic rings. The molecule has 0 radical (unpaired) electrons. The van der Waals surface area contributed by atoms with Crippen molar-refractivity contribution in [3.05, 3.63) is 29.3 Å². The van der Waals surface area contributed by atoms with Crippen molar-refractivity contribution < 1.29 is 9.53 Å². The maximum absolute atomic E-state index is 11.3. The molecular weight excluding hydrogens is 236 g/mol. The van der Waals surface area contributed by atoms with E-state index in [9.17, 15) is 4.79 Å². The van der Waals surface area contributed by atoms with Gasteiger partial charge in [0.2, 0.25) is 0 Å². The number of fused-ring (bicyclic) bond motifs is 1. The second-order valence-electron chi connectivity index (χ2n) is 6.78. The van der Waals surface area contributed by atoms with Crippen LogP contribution in [0.15, 0.2) is 18.2 Å². The van der Waals surface area contributed by atoms with Crippen LogP contribution in [0.3, 0.4) is 0 Å². The number of carbonyl (C=O) groups is 1. The third-order valence-corrected chi connectivity index (χ3v) is 5.65. The Morgan fingerprint density at radius 2 is 2.11 bits per heavy atom. The number of esters is 1. The van der Waals surface area contributed by atoms with Crippen LogP contribution in [0.5, 0.6) is 5.75 Å². The molecule has 0 heterocycles. The third-order valence-electron chi connectivity index (χ3n) is 5.65. The summed E-state index contributed by atoms with van der Waals surface area (Å²) in [6.07, 6.45) is 3.82. The second-order valence-corrected chi connectivity index (χ2v) is 6.78. The van der Waals surface area contributed by atoms with Crippen molar-refractivity contribution in [3.63, 3.8) is 0 Å². The molecule has 3 atom stereocenters. The number of ether oxygens (including phenoxy) is 1. The normalized spacial score (nSPS) is 35.9. The van der Waals surface area contributed by atoms with Crippen LogP contribution in [0.25, 0.3) is 0 Å². The zero-order valence-corrected chi connectivity index (χ0v) is 12.2. The lowest BCUT2D eigenvalue weighted by Crippen LogP contribution is -2.30. The summed E-state index contributed by atoms with van der Waals surface area (Å²) in [5.41, 5.74) is 2.91. The number of benzene rings is 1. The quantitative estimate of drug-likeness (QED) is 0.592. The Kier molecular flexibility index (Phi) is 2.57. The SMILES string of the molecule is CC(=O)Oc1cc(C)ccc1[C@@]1(C)CC[C@@H]2C[C@@]21C. The largest absolute Gasteiger partial charge is 0.426 e. The van der Waals surface area contributed by atoms with Crippen molar-refractivity contribution in [1.82, 2.24) is 0 Å². The first kappa shape index (κ1) is 12.7. The molecular formula is C17H22O2. The van der Waals surface area contributed by atoms with Crippen molar-refractivity contribution >= 4 is 5.97 Å². The minimum absolute atomic E-state index is 0.149. The maximum Gasteiger partial charge on any atom is 0.308 e. The Balaban J connectivity index is 2.07. The molecule has 2 fully saturated rings. The second kappa shape index (κ2) is 3.84. The zero-order chi connectivity index (χ0) is 13.8. The van der Waals surface area contributed by atoms with Crippen LogP contribution in [0.4, 0.5) is 0 Å². The standard InChI is InChI=1S/C17H22O2/c1-11-5-6-14(15(9-11)19-12(2)18)16(3)8-7-13-10-17(13,16)4/h5-6,9,13H,7-8,10H2,1-4H3/t13-,16-,17+/m1/s1. The van der Waals surface area contributed by atoms with Gasteiger partial charge >= 0.3 is 5.97 Å². The molecule has 2 heteroatoms. The third kappa shape index (κ3) is 1.73. The molecule has 2 aliphatic carbocycles. The average molecular weight is 258 g/mol. The van der Waals surface area contributed by atoms with Gasteiger partial charge in [-0.1, -0.05) is 26.0 Å². The Morgan fingerprint density at radius 1 is 1.37 bits per heavy atom. The van der Waals surface area contributed by atoms with Gasteiger partial charge in [-0.25, -0.2) is 0 Å². The molecule has 0 bridgehead atoms. The van der Waals surface area contributed by atoms with E-state index < -0.39 is 0 Å². The van der Waals surface area contributed by atoms with Gasteiger partial charge < -0.3 is 4.74 Å². The number of hydrogen-bond acceptors (Lipinski definition) is 2. The van der Waals surface area contributed by atoms with Crippen LogP contribution >= 0.6 is 0 Å². The Hall–Kier alpha value is -1.31. The zero-order valence-electron chi connectivity index (χ0n) is 12.2. The van der Waals surface area contributed by atoms with Crippen LogP contribution in [0.1, 0.15) is 51.2 Å². The molecule has 3 rings (SSSR count). The molecule has 2 nitrogen and oxygen atoms in total. The molecule has 2 aliphatic rings. The highest BCUT2D eigenvalue weighted by atomic mass is 16.5. The molecule has 19 heavy (non-hydrogen) atoms. The van der Waals surface area contributed by atoms with Crippen molar-refractivity contribution in [3.8, 4) is 5.75 Å². The molecule has 2 saturated carbocycles. The molecule has 0 saturated heterocycles. The number of aryl methyl sites for hydroxylation is 1. The average Bonchev–Trinajstić information content (AvgIpc) is 2.92. The van der Waals surface area contributed by atoms with E-state index in [4.69, 9.17) is 4.74 Å². The minimum atomic E-state index is -0.231. The summed E-state index contributed by atoms with van der Waals surface area (Å²) in [4.78, 5) is 11.3. The van der Waals surface area contributed by atoms with Gasteiger partial charge in [-0.15, -0.1) is 0 Å². The Morgan fingerprint density at radius 3 is 2.63 bits per heavy atom. The van der Waals surface area contributed by atoms with Gasteiger partial charge in [-0.05, 0) is 49.1 Å². The Labute approximate surface area is 115 Å². The monoisotopic (exact) mass is 258 g/mol. The summed E-state index contributed by atoms with van der Waals surface area (Å²) in [5, 5.41) is 0. The smallest absolute Gasteiger partial charge is 0.308 e. The molecule has 0 aromatic heterocycles. The molecule has 1 aromatic carbocycles. The lowest BCUT2D eigenvalue weighted by Gasteiger charge is -2.34. The fourth-order valence-electron chi connectivity index (χ4n) is 4.06. The van der Waals surface area contributed by atoms with E-state index in [1.165, 1.54) is 31.7 Å². The van der Waals surface area contributed by atoms with Gasteiger partial charge in [0.05, 0.1) is 0 Å². The molecule has 0 aliphatic heterocycles. The number of carbonyl (C=O) groups excluding carboxylic acids is 1. The van der Waals surface area contributed by atoms with E-state index in [1.54, 1.807) is 0 Å². The van der Waals surface area contributed by atoms with E-state index in [0.29, 0.717) is 5.41 Å². The predicted octanol–water partition coefficient (Wildman–Crippen LogP) is 4.00. The summed E-state index contributed by atoms with van der Waals surface area (Å²) < 4.78 is 5.48. The van der Waals surface area contributed by atoms with Gasteiger partial charge in [0.15, 0.2) is 0 Å². The topological polar surface area (TPSA) is 26.3 Å². The first-order valence-corrected chi connectivity index (χ1v) is 7.16. The summed E-state index contributed by atoms with van der Waals surface area (Å²) in [5.74, 6) is 1.40. The molecule has 102 valence electrons. The fourth-order valence-corrected chi connectivity index (χ4v) is 4.06. The van der Waals surface area contributed by atoms with Gasteiger partial charge in [0.25, 0.3) is 0 Å². The highest BCUT2D eigenvalue weighted by Crippen LogP contribution is 2.72. The van der Waals surface area contributed by atoms with Crippen molar-refractivity contribution in [1.29, 1.82) is 0 Å². The van der Waals surface area contributed by atoms with Crippen LogP contribution in [0, 0.1) is 18.3 Å². The van der Waals surface area contributed by atoms with Crippen LogP contribution in [0.2, 0.25) is 0 Å². The van der Waals surface area contributed by atoms with Crippen molar-refractivity contribution in [2.75, 3.05) is 0 Å². The van der Waals surface area contributed by atoms with E-state index in [1.807, 2.05) is 13.0 Å². The van der Waals surface area contributed by atoms with Crippen molar-refractivity contribution in [2.24, 2.45) is 11.3 Å². The highest BCUT2D eigenvalue weighted by Gasteiger charge is 2.66. The lowest BCUT2D eigenvalue weighted by atomic mass is 9.70. The van der Waals surface area contributed by atoms with Gasteiger partial charge in [0, 0.05) is 17.9 Å². The number of rotatable bonds is 2. The first-order chi connectivity index (χ1) is 8.87. The predicted molar refractivity (Wildman–Crippen MR) is 75.3 cm³/mol. The van der Waals surface area contributed by atoms with E-state index in [-0.39, 0.29) is 11.4 Å². The molecule has 0 amide bonds. The Bertz CT molecular complexity index is 546. The number of hydrogen-bond donors (Lipinski definition) is 0. The van der Waals surface area contributed by atoms with Gasteiger partial charge in [-0.2, -0.15) is 0 Å². The maximum atomic E-state index is 11.3. The fraction of sp³-hybridized carbons (Fsp3) is 0.588. The molecule has 0 spiro atoms.